The first-order chi connectivity index (χ1) is 5.31. The van der Waals surface area contributed by atoms with Crippen LogP contribution in [0.3, 0.4) is 0 Å². The van der Waals surface area contributed by atoms with Crippen molar-refractivity contribution in [3.8, 4) is 0 Å². The second kappa shape index (κ2) is 2.78. The standard InChI is InChI=1S/C10H19N/c1-10-6-3-2-5-9(10)11-8-4-7-10/h9,11H,2-8H2,1H3/t9-,10-/m1/s1. The quantitative estimate of drug-likeness (QED) is 0.563. The van der Waals surface area contributed by atoms with Gasteiger partial charge in [-0.1, -0.05) is 19.8 Å². The molecule has 2 aliphatic rings. The van der Waals surface area contributed by atoms with Crippen molar-refractivity contribution in [1.82, 2.24) is 5.32 Å². The fourth-order valence-electron chi connectivity index (χ4n) is 2.82. The van der Waals surface area contributed by atoms with Gasteiger partial charge in [-0.3, -0.25) is 0 Å². The molecule has 0 amide bonds. The van der Waals surface area contributed by atoms with E-state index in [0.717, 1.165) is 6.04 Å². The van der Waals surface area contributed by atoms with Gasteiger partial charge in [-0.2, -0.15) is 0 Å². The van der Waals surface area contributed by atoms with Crippen LogP contribution in [-0.4, -0.2) is 12.6 Å². The average Bonchev–Trinajstić information content (AvgIpc) is 2.03. The van der Waals surface area contributed by atoms with Gasteiger partial charge in [0.25, 0.3) is 0 Å². The lowest BCUT2D eigenvalue weighted by atomic mass is 9.67. The number of hydrogen-bond acceptors (Lipinski definition) is 1. The van der Waals surface area contributed by atoms with Crippen LogP contribution in [0.25, 0.3) is 0 Å². The van der Waals surface area contributed by atoms with Gasteiger partial charge in [0.2, 0.25) is 0 Å². The SMILES string of the molecule is C[C@]12CCCC[C@H]1NCCC2. The molecule has 0 aromatic carbocycles. The van der Waals surface area contributed by atoms with Crippen LogP contribution in [0.4, 0.5) is 0 Å². The average molecular weight is 153 g/mol. The monoisotopic (exact) mass is 153 g/mol. The highest BCUT2D eigenvalue weighted by Gasteiger charge is 2.37. The Balaban J connectivity index is 2.06. The Morgan fingerprint density at radius 1 is 1.18 bits per heavy atom. The van der Waals surface area contributed by atoms with Gasteiger partial charge in [0.1, 0.15) is 0 Å². The minimum Gasteiger partial charge on any atom is -0.313 e. The predicted molar refractivity (Wildman–Crippen MR) is 47.6 cm³/mol. The van der Waals surface area contributed by atoms with Gasteiger partial charge >= 0.3 is 0 Å². The van der Waals surface area contributed by atoms with Gasteiger partial charge in [-0.05, 0) is 37.6 Å². The molecular formula is C10H19N. The molecule has 11 heavy (non-hydrogen) atoms. The Morgan fingerprint density at radius 2 is 2.00 bits per heavy atom. The molecule has 0 spiro atoms. The first-order valence-electron chi connectivity index (χ1n) is 5.05. The molecule has 0 aromatic rings. The lowest BCUT2D eigenvalue weighted by Crippen LogP contribution is -2.49. The van der Waals surface area contributed by atoms with E-state index in [1.165, 1.54) is 45.1 Å². The van der Waals surface area contributed by atoms with Gasteiger partial charge in [0, 0.05) is 6.04 Å². The van der Waals surface area contributed by atoms with Crippen molar-refractivity contribution in [2.75, 3.05) is 6.54 Å². The van der Waals surface area contributed by atoms with Crippen LogP contribution in [0.15, 0.2) is 0 Å². The summed E-state index contributed by atoms with van der Waals surface area (Å²) in [7, 11) is 0. The fraction of sp³-hybridized carbons (Fsp3) is 1.00. The maximum Gasteiger partial charge on any atom is 0.0121 e. The first-order valence-corrected chi connectivity index (χ1v) is 5.05. The maximum atomic E-state index is 3.66. The second-order valence-electron chi connectivity index (χ2n) is 4.51. The van der Waals surface area contributed by atoms with Gasteiger partial charge in [-0.15, -0.1) is 0 Å². The van der Waals surface area contributed by atoms with E-state index in [4.69, 9.17) is 0 Å². The van der Waals surface area contributed by atoms with Crippen molar-refractivity contribution in [2.24, 2.45) is 5.41 Å². The maximum absolute atomic E-state index is 3.66. The van der Waals surface area contributed by atoms with Crippen LogP contribution in [0.1, 0.15) is 45.4 Å². The minimum atomic E-state index is 0.663. The van der Waals surface area contributed by atoms with Crippen molar-refractivity contribution in [2.45, 2.75) is 51.5 Å². The van der Waals surface area contributed by atoms with Crippen molar-refractivity contribution in [3.63, 3.8) is 0 Å². The molecule has 1 heteroatoms. The summed E-state index contributed by atoms with van der Waals surface area (Å²) in [6, 6.07) is 0.852. The van der Waals surface area contributed by atoms with Crippen LogP contribution in [0, 0.1) is 5.41 Å². The third-order valence-electron chi connectivity index (χ3n) is 3.65. The minimum absolute atomic E-state index is 0.663. The molecule has 1 saturated heterocycles. The zero-order valence-corrected chi connectivity index (χ0v) is 7.53. The normalized spacial score (nSPS) is 45.0. The van der Waals surface area contributed by atoms with Crippen molar-refractivity contribution in [3.05, 3.63) is 0 Å². The Labute approximate surface area is 69.6 Å². The Kier molecular flexibility index (Phi) is 1.92. The van der Waals surface area contributed by atoms with E-state index in [2.05, 4.69) is 12.2 Å². The van der Waals surface area contributed by atoms with E-state index in [1.807, 2.05) is 0 Å². The van der Waals surface area contributed by atoms with Gasteiger partial charge in [0.15, 0.2) is 0 Å². The van der Waals surface area contributed by atoms with Crippen molar-refractivity contribution < 1.29 is 0 Å². The molecular weight excluding hydrogens is 134 g/mol. The number of rotatable bonds is 0. The summed E-state index contributed by atoms with van der Waals surface area (Å²) >= 11 is 0. The molecule has 1 heterocycles. The predicted octanol–water partition coefficient (Wildman–Crippen LogP) is 2.32. The summed E-state index contributed by atoms with van der Waals surface area (Å²) in [4.78, 5) is 0. The van der Waals surface area contributed by atoms with Gasteiger partial charge in [0.05, 0.1) is 0 Å². The fourth-order valence-corrected chi connectivity index (χ4v) is 2.82. The van der Waals surface area contributed by atoms with E-state index < -0.39 is 0 Å². The second-order valence-corrected chi connectivity index (χ2v) is 4.51. The molecule has 2 atom stereocenters. The summed E-state index contributed by atoms with van der Waals surface area (Å²) < 4.78 is 0. The third-order valence-corrected chi connectivity index (χ3v) is 3.65. The summed E-state index contributed by atoms with van der Waals surface area (Å²) in [5.74, 6) is 0. The largest absolute Gasteiger partial charge is 0.313 e. The molecule has 0 aromatic heterocycles. The van der Waals surface area contributed by atoms with E-state index in [1.54, 1.807) is 0 Å². The first kappa shape index (κ1) is 7.60. The highest BCUT2D eigenvalue weighted by Crippen LogP contribution is 2.41. The van der Waals surface area contributed by atoms with Crippen LogP contribution < -0.4 is 5.32 Å². The Morgan fingerprint density at radius 3 is 2.82 bits per heavy atom. The van der Waals surface area contributed by atoms with Crippen LogP contribution in [0.2, 0.25) is 0 Å². The molecule has 1 aliphatic heterocycles. The number of fused-ring (bicyclic) bond motifs is 1. The highest BCUT2D eigenvalue weighted by atomic mass is 14.9. The number of piperidine rings is 1. The highest BCUT2D eigenvalue weighted by molar-refractivity contribution is 4.93. The smallest absolute Gasteiger partial charge is 0.0121 e. The molecule has 1 nitrogen and oxygen atoms in total. The lowest BCUT2D eigenvalue weighted by Gasteiger charge is -2.45. The third kappa shape index (κ3) is 1.31. The topological polar surface area (TPSA) is 12.0 Å². The van der Waals surface area contributed by atoms with Crippen LogP contribution in [-0.2, 0) is 0 Å². The van der Waals surface area contributed by atoms with E-state index in [0.29, 0.717) is 5.41 Å². The Bertz CT molecular complexity index is 130. The summed E-state index contributed by atoms with van der Waals surface area (Å²) in [5.41, 5.74) is 0.663. The molecule has 1 saturated carbocycles. The molecule has 0 bridgehead atoms. The summed E-state index contributed by atoms with van der Waals surface area (Å²) in [6.07, 6.45) is 8.67. The molecule has 64 valence electrons. The Hall–Kier alpha value is -0.0400. The number of hydrogen-bond donors (Lipinski definition) is 1. The zero-order valence-electron chi connectivity index (χ0n) is 7.53. The molecule has 0 unspecified atom stereocenters. The lowest BCUT2D eigenvalue weighted by molar-refractivity contribution is 0.103. The van der Waals surface area contributed by atoms with E-state index >= 15 is 0 Å². The molecule has 1 aliphatic carbocycles. The van der Waals surface area contributed by atoms with E-state index in [9.17, 15) is 0 Å². The van der Waals surface area contributed by atoms with Crippen molar-refractivity contribution >= 4 is 0 Å². The number of nitrogens with one attached hydrogen (secondary N) is 1. The van der Waals surface area contributed by atoms with Crippen molar-refractivity contribution in [1.29, 1.82) is 0 Å². The van der Waals surface area contributed by atoms with Crippen LogP contribution >= 0.6 is 0 Å². The molecule has 0 radical (unpaired) electrons. The molecule has 2 fully saturated rings. The summed E-state index contributed by atoms with van der Waals surface area (Å²) in [6.45, 7) is 3.74. The zero-order chi connectivity index (χ0) is 7.73. The summed E-state index contributed by atoms with van der Waals surface area (Å²) in [5, 5.41) is 3.66. The van der Waals surface area contributed by atoms with Gasteiger partial charge < -0.3 is 5.32 Å². The molecule has 1 N–H and O–H groups in total. The molecule has 2 rings (SSSR count). The van der Waals surface area contributed by atoms with E-state index in [-0.39, 0.29) is 0 Å². The van der Waals surface area contributed by atoms with Gasteiger partial charge in [-0.25, -0.2) is 0 Å². The van der Waals surface area contributed by atoms with Crippen LogP contribution in [0.5, 0.6) is 0 Å².